The van der Waals surface area contributed by atoms with E-state index in [0.717, 1.165) is 21.9 Å². The number of hydrogen-bond donors (Lipinski definition) is 3. The topological polar surface area (TPSA) is 114 Å². The van der Waals surface area contributed by atoms with Crippen molar-refractivity contribution in [2.24, 2.45) is 5.41 Å². The van der Waals surface area contributed by atoms with Gasteiger partial charge in [0.15, 0.2) is 5.82 Å². The Balaban J connectivity index is 1.29. The number of nitrogens with one attached hydrogen (secondary N) is 3. The molecule has 0 aliphatic carbocycles. The molecular weight excluding hydrogens is 468 g/mol. The Morgan fingerprint density at radius 1 is 1.00 bits per heavy atom. The van der Waals surface area contributed by atoms with Crippen molar-refractivity contribution in [3.63, 3.8) is 0 Å². The quantitative estimate of drug-likeness (QED) is 0.397. The lowest BCUT2D eigenvalue weighted by Crippen LogP contribution is -2.62. The van der Waals surface area contributed by atoms with Gasteiger partial charge in [-0.05, 0) is 36.6 Å². The molecule has 0 saturated carbocycles. The lowest BCUT2D eigenvalue weighted by Gasteiger charge is -2.43. The number of amides is 3. The van der Waals surface area contributed by atoms with E-state index in [-0.39, 0.29) is 23.8 Å². The maximum atomic E-state index is 13.7. The third-order valence-electron chi connectivity index (χ3n) is 6.95. The van der Waals surface area contributed by atoms with E-state index in [2.05, 4.69) is 20.3 Å². The number of rotatable bonds is 4. The Bertz CT molecular complexity index is 1410. The number of carbonyl (C=O) groups excluding carboxylic acids is 3. The third kappa shape index (κ3) is 4.81. The number of benzene rings is 2. The van der Waals surface area contributed by atoms with E-state index in [9.17, 15) is 14.4 Å². The van der Waals surface area contributed by atoms with E-state index in [0.29, 0.717) is 31.2 Å². The summed E-state index contributed by atoms with van der Waals surface area (Å²) in [4.78, 5) is 54.1. The number of para-hydroxylation sites is 3. The average Bonchev–Trinajstić information content (AvgIpc) is 3.50. The van der Waals surface area contributed by atoms with Crippen molar-refractivity contribution in [1.29, 1.82) is 0 Å². The molecule has 192 valence electrons. The summed E-state index contributed by atoms with van der Waals surface area (Å²) in [5.41, 5.74) is 2.32. The highest BCUT2D eigenvalue weighted by Crippen LogP contribution is 2.25. The predicted molar refractivity (Wildman–Crippen MR) is 142 cm³/mol. The highest BCUT2D eigenvalue weighted by Gasteiger charge is 2.40. The second kappa shape index (κ2) is 9.38. The van der Waals surface area contributed by atoms with Gasteiger partial charge in [-0.3, -0.25) is 14.4 Å². The summed E-state index contributed by atoms with van der Waals surface area (Å²) in [6, 6.07) is 16.0. The molecule has 9 nitrogen and oxygen atoms in total. The molecule has 1 saturated heterocycles. The number of piperazine rings is 1. The molecule has 4 aromatic rings. The van der Waals surface area contributed by atoms with Gasteiger partial charge in [0.25, 0.3) is 11.8 Å². The third-order valence-corrected chi connectivity index (χ3v) is 6.95. The van der Waals surface area contributed by atoms with Crippen molar-refractivity contribution in [3.8, 4) is 0 Å². The lowest BCUT2D eigenvalue weighted by atomic mass is 9.85. The van der Waals surface area contributed by atoms with Crippen LogP contribution in [0.15, 0.2) is 54.6 Å². The maximum Gasteiger partial charge on any atom is 0.289 e. The Labute approximate surface area is 215 Å². The molecule has 0 spiro atoms. The van der Waals surface area contributed by atoms with Crippen LogP contribution in [0.1, 0.15) is 48.8 Å². The molecule has 9 heteroatoms. The van der Waals surface area contributed by atoms with Crippen molar-refractivity contribution in [2.75, 3.05) is 19.6 Å². The molecule has 0 bridgehead atoms. The van der Waals surface area contributed by atoms with Crippen LogP contribution in [0.4, 0.5) is 0 Å². The van der Waals surface area contributed by atoms with Gasteiger partial charge in [-0.15, -0.1) is 0 Å². The number of hydrogen-bond acceptors (Lipinski definition) is 4. The van der Waals surface area contributed by atoms with Crippen LogP contribution in [-0.2, 0) is 4.79 Å². The van der Waals surface area contributed by atoms with Crippen LogP contribution in [-0.4, -0.2) is 74.2 Å². The molecule has 2 aromatic heterocycles. The predicted octanol–water partition coefficient (Wildman–Crippen LogP) is 3.56. The second-order valence-electron chi connectivity index (χ2n) is 10.8. The molecule has 1 aliphatic rings. The number of H-pyrrole nitrogens is 2. The van der Waals surface area contributed by atoms with Crippen LogP contribution in [0.3, 0.4) is 0 Å². The number of aromatic amines is 2. The van der Waals surface area contributed by atoms with Crippen molar-refractivity contribution in [1.82, 2.24) is 30.1 Å². The number of imidazole rings is 1. The number of nitrogens with zero attached hydrogens (tertiary/aromatic N) is 3. The number of aromatic nitrogens is 3. The van der Waals surface area contributed by atoms with Gasteiger partial charge >= 0.3 is 0 Å². The van der Waals surface area contributed by atoms with E-state index in [1.807, 2.05) is 76.2 Å². The minimum absolute atomic E-state index is 0.153. The maximum absolute atomic E-state index is 13.7. The fraction of sp³-hybridized carbons (Fsp3) is 0.357. The van der Waals surface area contributed by atoms with E-state index in [4.69, 9.17) is 0 Å². The van der Waals surface area contributed by atoms with E-state index in [1.54, 1.807) is 15.9 Å². The first-order valence-electron chi connectivity index (χ1n) is 12.5. The SMILES string of the molecule is CC1CN(C(=O)c2nc3ccccc3[nH]2)CCN1C(=O)C(NC(=O)c1cc2ccccc2[nH]1)C(C)(C)C. The van der Waals surface area contributed by atoms with Gasteiger partial charge in [0.1, 0.15) is 11.7 Å². The van der Waals surface area contributed by atoms with Crippen molar-refractivity contribution in [2.45, 2.75) is 39.8 Å². The Morgan fingerprint density at radius 2 is 1.70 bits per heavy atom. The fourth-order valence-corrected chi connectivity index (χ4v) is 4.89. The van der Waals surface area contributed by atoms with Crippen LogP contribution in [0.25, 0.3) is 21.9 Å². The van der Waals surface area contributed by atoms with Crippen LogP contribution < -0.4 is 5.32 Å². The zero-order valence-corrected chi connectivity index (χ0v) is 21.5. The molecule has 3 N–H and O–H groups in total. The molecule has 2 atom stereocenters. The first kappa shape index (κ1) is 24.5. The van der Waals surface area contributed by atoms with Gasteiger partial charge in [-0.25, -0.2) is 4.98 Å². The zero-order chi connectivity index (χ0) is 26.3. The van der Waals surface area contributed by atoms with Crippen molar-refractivity contribution < 1.29 is 14.4 Å². The molecule has 3 amide bonds. The number of fused-ring (bicyclic) bond motifs is 2. The number of carbonyl (C=O) groups is 3. The summed E-state index contributed by atoms with van der Waals surface area (Å²) in [6.07, 6.45) is 0. The summed E-state index contributed by atoms with van der Waals surface area (Å²) in [6.45, 7) is 8.89. The van der Waals surface area contributed by atoms with Gasteiger partial charge in [-0.1, -0.05) is 51.1 Å². The van der Waals surface area contributed by atoms with E-state index in [1.165, 1.54) is 0 Å². The van der Waals surface area contributed by atoms with Gasteiger partial charge < -0.3 is 25.1 Å². The van der Waals surface area contributed by atoms with Crippen molar-refractivity contribution in [3.05, 3.63) is 66.1 Å². The van der Waals surface area contributed by atoms with Gasteiger partial charge in [0.2, 0.25) is 5.91 Å². The van der Waals surface area contributed by atoms with Crippen LogP contribution >= 0.6 is 0 Å². The fourth-order valence-electron chi connectivity index (χ4n) is 4.89. The van der Waals surface area contributed by atoms with Crippen LogP contribution in [0, 0.1) is 5.41 Å². The molecule has 37 heavy (non-hydrogen) atoms. The average molecular weight is 501 g/mol. The molecule has 0 radical (unpaired) electrons. The first-order chi connectivity index (χ1) is 17.6. The second-order valence-corrected chi connectivity index (χ2v) is 10.8. The Kier molecular flexibility index (Phi) is 6.23. The molecule has 3 heterocycles. The summed E-state index contributed by atoms with van der Waals surface area (Å²) in [5.74, 6) is -0.364. The zero-order valence-electron chi connectivity index (χ0n) is 21.5. The van der Waals surface area contributed by atoms with E-state index >= 15 is 0 Å². The highest BCUT2D eigenvalue weighted by atomic mass is 16.2. The van der Waals surface area contributed by atoms with Gasteiger partial charge in [-0.2, -0.15) is 0 Å². The molecule has 1 aliphatic heterocycles. The van der Waals surface area contributed by atoms with Gasteiger partial charge in [0.05, 0.1) is 11.0 Å². The monoisotopic (exact) mass is 500 g/mol. The minimum Gasteiger partial charge on any atom is -0.351 e. The summed E-state index contributed by atoms with van der Waals surface area (Å²) in [5, 5.41) is 3.90. The highest BCUT2D eigenvalue weighted by molar-refractivity contribution is 6.00. The van der Waals surface area contributed by atoms with Gasteiger partial charge in [0, 0.05) is 36.6 Å². The molecule has 1 fully saturated rings. The molecular formula is C28H32N6O3. The van der Waals surface area contributed by atoms with E-state index < -0.39 is 11.5 Å². The summed E-state index contributed by atoms with van der Waals surface area (Å²) in [7, 11) is 0. The lowest BCUT2D eigenvalue weighted by molar-refractivity contribution is -0.140. The molecule has 2 unspecified atom stereocenters. The normalized spacial score (nSPS) is 17.2. The molecule has 2 aromatic carbocycles. The standard InChI is InChI=1S/C28H32N6O3/c1-17-16-33(27(37)24-30-20-11-7-8-12-21(20)31-24)13-14-34(17)26(36)23(28(2,3)4)32-25(35)22-15-18-9-5-6-10-19(18)29-22/h5-12,15,17,23,29H,13-14,16H2,1-4H3,(H,30,31)(H,32,35). The van der Waals surface area contributed by atoms with Crippen LogP contribution in [0.5, 0.6) is 0 Å². The van der Waals surface area contributed by atoms with Crippen LogP contribution in [0.2, 0.25) is 0 Å². The summed E-state index contributed by atoms with van der Waals surface area (Å²) >= 11 is 0. The minimum atomic E-state index is -0.730. The summed E-state index contributed by atoms with van der Waals surface area (Å²) < 4.78 is 0. The molecule has 5 rings (SSSR count). The largest absolute Gasteiger partial charge is 0.351 e. The Hall–Kier alpha value is -4.14. The first-order valence-corrected chi connectivity index (χ1v) is 12.5. The smallest absolute Gasteiger partial charge is 0.289 e. The van der Waals surface area contributed by atoms with Crippen molar-refractivity contribution >= 4 is 39.7 Å². The Morgan fingerprint density at radius 3 is 2.38 bits per heavy atom.